The highest BCUT2D eigenvalue weighted by atomic mass is 16.5. The molecule has 1 aromatic carbocycles. The zero-order valence-electron chi connectivity index (χ0n) is 11.4. The summed E-state index contributed by atoms with van der Waals surface area (Å²) in [6.45, 7) is 3.26. The van der Waals surface area contributed by atoms with Gasteiger partial charge in [0.15, 0.2) is 5.69 Å². The average molecular weight is 274 g/mol. The van der Waals surface area contributed by atoms with E-state index in [1.807, 2.05) is 13.0 Å². The van der Waals surface area contributed by atoms with E-state index >= 15 is 0 Å². The summed E-state index contributed by atoms with van der Waals surface area (Å²) in [5.74, 6) is -0.210. The second-order valence-corrected chi connectivity index (χ2v) is 5.46. The number of rotatable bonds is 3. The Bertz CT molecular complexity index is 644. The van der Waals surface area contributed by atoms with Crippen molar-refractivity contribution in [2.24, 2.45) is 0 Å². The van der Waals surface area contributed by atoms with Crippen molar-refractivity contribution >= 4 is 22.5 Å². The van der Waals surface area contributed by atoms with E-state index < -0.39 is 0 Å². The zero-order valence-corrected chi connectivity index (χ0v) is 11.4. The van der Waals surface area contributed by atoms with Crippen LogP contribution in [-0.4, -0.2) is 34.9 Å². The van der Waals surface area contributed by atoms with E-state index in [2.05, 4.69) is 15.5 Å². The van der Waals surface area contributed by atoms with Crippen LogP contribution in [0.1, 0.15) is 30.3 Å². The molecule has 106 valence electrons. The summed E-state index contributed by atoms with van der Waals surface area (Å²) in [5, 5.41) is 10.5. The largest absolute Gasteiger partial charge is 0.399 e. The molecule has 6 heteroatoms. The summed E-state index contributed by atoms with van der Waals surface area (Å²) in [7, 11) is 0. The second kappa shape index (κ2) is 4.79. The molecule has 1 aliphatic rings. The molecule has 4 N–H and O–H groups in total. The molecule has 1 amide bonds. The number of carbonyl (C=O) groups excluding carboxylic acids is 1. The van der Waals surface area contributed by atoms with E-state index in [4.69, 9.17) is 10.5 Å². The van der Waals surface area contributed by atoms with Crippen LogP contribution in [0.2, 0.25) is 0 Å². The van der Waals surface area contributed by atoms with Gasteiger partial charge in [0, 0.05) is 24.2 Å². The highest BCUT2D eigenvalue weighted by molar-refractivity contribution is 6.05. The second-order valence-electron chi connectivity index (χ2n) is 5.46. The normalized spacial score (nSPS) is 22.2. The number of nitrogens with zero attached hydrogens (tertiary/aromatic N) is 1. The van der Waals surface area contributed by atoms with Gasteiger partial charge in [-0.05, 0) is 38.0 Å². The van der Waals surface area contributed by atoms with Gasteiger partial charge in [-0.2, -0.15) is 5.10 Å². The third kappa shape index (κ3) is 2.34. The van der Waals surface area contributed by atoms with Crippen molar-refractivity contribution in [2.75, 3.05) is 18.9 Å². The van der Waals surface area contributed by atoms with Crippen molar-refractivity contribution < 1.29 is 9.53 Å². The molecule has 1 unspecified atom stereocenters. The molecule has 1 aliphatic heterocycles. The summed E-state index contributed by atoms with van der Waals surface area (Å²) in [5.41, 5.74) is 7.27. The lowest BCUT2D eigenvalue weighted by Crippen LogP contribution is -2.40. The fourth-order valence-electron chi connectivity index (χ4n) is 2.53. The molecule has 3 rings (SSSR count). The van der Waals surface area contributed by atoms with Gasteiger partial charge in [0.25, 0.3) is 5.91 Å². The number of aromatic amines is 1. The lowest BCUT2D eigenvalue weighted by atomic mass is 10.0. The first-order chi connectivity index (χ1) is 9.57. The third-order valence-electron chi connectivity index (χ3n) is 3.73. The maximum atomic E-state index is 12.2. The van der Waals surface area contributed by atoms with E-state index in [0.29, 0.717) is 17.9 Å². The Morgan fingerprint density at radius 3 is 3.20 bits per heavy atom. The number of nitrogen functional groups attached to an aromatic ring is 1. The fourth-order valence-corrected chi connectivity index (χ4v) is 2.53. The minimum absolute atomic E-state index is 0.210. The number of H-pyrrole nitrogens is 1. The lowest BCUT2D eigenvalue weighted by Gasteiger charge is -2.23. The van der Waals surface area contributed by atoms with Crippen molar-refractivity contribution in [1.82, 2.24) is 15.5 Å². The molecule has 0 saturated carbocycles. The van der Waals surface area contributed by atoms with Crippen LogP contribution in [0, 0.1) is 0 Å². The van der Waals surface area contributed by atoms with Crippen LogP contribution in [0.4, 0.5) is 5.69 Å². The van der Waals surface area contributed by atoms with Gasteiger partial charge in [0.2, 0.25) is 0 Å². The molecule has 1 fully saturated rings. The van der Waals surface area contributed by atoms with Gasteiger partial charge < -0.3 is 15.8 Å². The number of fused-ring (bicyclic) bond motifs is 1. The quantitative estimate of drug-likeness (QED) is 0.738. The summed E-state index contributed by atoms with van der Waals surface area (Å²) < 4.78 is 5.65. The van der Waals surface area contributed by atoms with E-state index in [9.17, 15) is 4.79 Å². The molecule has 6 nitrogen and oxygen atoms in total. The monoisotopic (exact) mass is 274 g/mol. The molecule has 1 aromatic heterocycles. The van der Waals surface area contributed by atoms with Crippen LogP contribution in [0.15, 0.2) is 18.2 Å². The first-order valence-electron chi connectivity index (χ1n) is 6.73. The molecule has 0 bridgehead atoms. The summed E-state index contributed by atoms with van der Waals surface area (Å²) in [6, 6.07) is 5.34. The number of nitrogens with two attached hydrogens (primary N) is 1. The molecule has 1 atom stereocenters. The van der Waals surface area contributed by atoms with Crippen molar-refractivity contribution in [2.45, 2.75) is 25.4 Å². The summed E-state index contributed by atoms with van der Waals surface area (Å²) >= 11 is 0. The predicted octanol–water partition coefficient (Wildman–Crippen LogP) is 1.44. The van der Waals surface area contributed by atoms with Crippen LogP contribution in [0.3, 0.4) is 0 Å². The van der Waals surface area contributed by atoms with Gasteiger partial charge in [-0.1, -0.05) is 0 Å². The smallest absolute Gasteiger partial charge is 0.272 e. The Balaban J connectivity index is 1.77. The first kappa shape index (κ1) is 12.9. The first-order valence-corrected chi connectivity index (χ1v) is 6.73. The molecule has 1 saturated heterocycles. The number of hydrogen-bond acceptors (Lipinski definition) is 4. The number of nitrogens with one attached hydrogen (secondary N) is 2. The minimum atomic E-state index is -0.263. The Morgan fingerprint density at radius 1 is 1.60 bits per heavy atom. The Kier molecular flexibility index (Phi) is 3.10. The molecule has 2 aromatic rings. The number of anilines is 1. The highest BCUT2D eigenvalue weighted by Crippen LogP contribution is 2.24. The van der Waals surface area contributed by atoms with Gasteiger partial charge in [-0.25, -0.2) is 0 Å². The van der Waals surface area contributed by atoms with Gasteiger partial charge in [-0.3, -0.25) is 9.89 Å². The van der Waals surface area contributed by atoms with Gasteiger partial charge >= 0.3 is 0 Å². The number of ether oxygens (including phenoxy) is 1. The number of benzene rings is 1. The molecule has 20 heavy (non-hydrogen) atoms. The predicted molar refractivity (Wildman–Crippen MR) is 76.4 cm³/mol. The van der Waals surface area contributed by atoms with Crippen LogP contribution < -0.4 is 11.1 Å². The van der Waals surface area contributed by atoms with Gasteiger partial charge in [0.1, 0.15) is 0 Å². The van der Waals surface area contributed by atoms with E-state index in [-0.39, 0.29) is 11.5 Å². The lowest BCUT2D eigenvalue weighted by molar-refractivity contribution is 0.0205. The van der Waals surface area contributed by atoms with Gasteiger partial charge in [0.05, 0.1) is 11.1 Å². The molecular weight excluding hydrogens is 256 g/mol. The van der Waals surface area contributed by atoms with Crippen molar-refractivity contribution in [3.63, 3.8) is 0 Å². The minimum Gasteiger partial charge on any atom is -0.399 e. The summed E-state index contributed by atoms with van der Waals surface area (Å²) in [4.78, 5) is 12.2. The van der Waals surface area contributed by atoms with Crippen LogP contribution >= 0.6 is 0 Å². The van der Waals surface area contributed by atoms with Crippen molar-refractivity contribution in [3.8, 4) is 0 Å². The molecule has 2 heterocycles. The van der Waals surface area contributed by atoms with Crippen LogP contribution in [-0.2, 0) is 4.74 Å². The SMILES string of the molecule is CC1(CNC(=O)c2n[nH]c3ccc(N)cc23)CCCO1. The molecule has 0 spiro atoms. The Hall–Kier alpha value is -2.08. The number of amides is 1. The number of hydrogen-bond donors (Lipinski definition) is 3. The fraction of sp³-hybridized carbons (Fsp3) is 0.429. The zero-order chi connectivity index (χ0) is 14.2. The van der Waals surface area contributed by atoms with Gasteiger partial charge in [-0.15, -0.1) is 0 Å². The van der Waals surface area contributed by atoms with E-state index in [0.717, 1.165) is 30.4 Å². The highest BCUT2D eigenvalue weighted by Gasteiger charge is 2.30. The Labute approximate surface area is 116 Å². The van der Waals surface area contributed by atoms with Crippen LogP contribution in [0.25, 0.3) is 10.9 Å². The third-order valence-corrected chi connectivity index (χ3v) is 3.73. The van der Waals surface area contributed by atoms with Crippen molar-refractivity contribution in [1.29, 1.82) is 0 Å². The van der Waals surface area contributed by atoms with Crippen LogP contribution in [0.5, 0.6) is 0 Å². The maximum absolute atomic E-state index is 12.2. The maximum Gasteiger partial charge on any atom is 0.272 e. The Morgan fingerprint density at radius 2 is 2.45 bits per heavy atom. The van der Waals surface area contributed by atoms with E-state index in [1.165, 1.54) is 0 Å². The number of carbonyl (C=O) groups is 1. The molecule has 0 aliphatic carbocycles. The average Bonchev–Trinajstić information content (AvgIpc) is 3.03. The molecular formula is C14H18N4O2. The van der Waals surface area contributed by atoms with E-state index in [1.54, 1.807) is 12.1 Å². The standard InChI is InChI=1S/C14H18N4O2/c1-14(5-2-6-20-14)8-16-13(19)12-10-7-9(15)3-4-11(10)17-18-12/h3-4,7H,2,5-6,8,15H2,1H3,(H,16,19)(H,17,18). The van der Waals surface area contributed by atoms with Crippen molar-refractivity contribution in [3.05, 3.63) is 23.9 Å². The molecule has 0 radical (unpaired) electrons. The number of aromatic nitrogens is 2. The summed E-state index contributed by atoms with van der Waals surface area (Å²) in [6.07, 6.45) is 2.00. The topological polar surface area (TPSA) is 93.0 Å².